The van der Waals surface area contributed by atoms with Gasteiger partial charge in [0.1, 0.15) is 6.04 Å². The third kappa shape index (κ3) is 3.70. The zero-order valence-electron chi connectivity index (χ0n) is 15.4. The van der Waals surface area contributed by atoms with Gasteiger partial charge in [0.25, 0.3) is 5.91 Å². The molecular formula is C22H22N3OS+. The van der Waals surface area contributed by atoms with Crippen LogP contribution in [0.3, 0.4) is 0 Å². The van der Waals surface area contributed by atoms with Gasteiger partial charge in [-0.3, -0.25) is 4.79 Å². The monoisotopic (exact) mass is 376 g/mol. The van der Waals surface area contributed by atoms with E-state index in [4.69, 9.17) is 4.98 Å². The maximum absolute atomic E-state index is 12.6. The van der Waals surface area contributed by atoms with Gasteiger partial charge in [-0.25, -0.2) is 4.98 Å². The number of nitrogens with zero attached hydrogens (tertiary/aromatic N) is 1. The summed E-state index contributed by atoms with van der Waals surface area (Å²) < 4.78 is 1.19. The Morgan fingerprint density at radius 3 is 2.67 bits per heavy atom. The molecule has 1 heterocycles. The molecule has 5 heteroatoms. The molecule has 1 unspecified atom stereocenters. The van der Waals surface area contributed by atoms with Gasteiger partial charge in [0.2, 0.25) is 0 Å². The first-order valence-corrected chi connectivity index (χ1v) is 9.89. The average molecular weight is 377 g/mol. The van der Waals surface area contributed by atoms with Gasteiger partial charge in [0, 0.05) is 11.1 Å². The van der Waals surface area contributed by atoms with Crippen LogP contribution in [-0.2, 0) is 4.79 Å². The molecule has 0 saturated carbocycles. The Hall–Kier alpha value is -2.76. The van der Waals surface area contributed by atoms with E-state index in [2.05, 4.69) is 30.4 Å². The number of nitrogens with one attached hydrogen (secondary N) is 2. The van der Waals surface area contributed by atoms with E-state index in [0.717, 1.165) is 31.9 Å². The van der Waals surface area contributed by atoms with Crippen LogP contribution in [0, 0.1) is 0 Å². The zero-order chi connectivity index (χ0) is 18.8. The number of anilines is 1. The largest absolute Gasteiger partial charge is 0.322 e. The van der Waals surface area contributed by atoms with Crippen LogP contribution < -0.4 is 10.2 Å². The van der Waals surface area contributed by atoms with E-state index >= 15 is 0 Å². The fraction of sp³-hybridized carbons (Fsp3) is 0.182. The lowest BCUT2D eigenvalue weighted by atomic mass is 10.1. The summed E-state index contributed by atoms with van der Waals surface area (Å²) in [5.74, 6) is 0.0109. The second-order valence-electron chi connectivity index (χ2n) is 6.84. The van der Waals surface area contributed by atoms with E-state index in [9.17, 15) is 4.79 Å². The highest BCUT2D eigenvalue weighted by molar-refractivity contribution is 7.18. The molecule has 0 spiro atoms. The van der Waals surface area contributed by atoms with Gasteiger partial charge in [-0.05, 0) is 30.5 Å². The molecule has 4 nitrogen and oxygen atoms in total. The van der Waals surface area contributed by atoms with Crippen LogP contribution in [0.2, 0.25) is 0 Å². The molecule has 0 aliphatic rings. The normalized spacial score (nSPS) is 13.6. The molecule has 2 atom stereocenters. The fourth-order valence-corrected chi connectivity index (χ4v) is 4.33. The van der Waals surface area contributed by atoms with E-state index in [0.29, 0.717) is 6.54 Å². The highest BCUT2D eigenvalue weighted by Gasteiger charge is 2.22. The molecule has 27 heavy (non-hydrogen) atoms. The Labute approximate surface area is 162 Å². The van der Waals surface area contributed by atoms with Gasteiger partial charge in [0.15, 0.2) is 11.6 Å². The van der Waals surface area contributed by atoms with Crippen molar-refractivity contribution >= 4 is 43.9 Å². The number of quaternary nitrogens is 1. The Morgan fingerprint density at radius 2 is 1.81 bits per heavy atom. The number of carbonyl (C=O) groups is 1. The Morgan fingerprint density at radius 1 is 1.07 bits per heavy atom. The summed E-state index contributed by atoms with van der Waals surface area (Å²) in [7, 11) is 2.04. The Bertz CT molecular complexity index is 1070. The predicted octanol–water partition coefficient (Wildman–Crippen LogP) is 3.66. The van der Waals surface area contributed by atoms with Crippen molar-refractivity contribution in [1.29, 1.82) is 0 Å². The molecule has 4 rings (SSSR count). The van der Waals surface area contributed by atoms with Crippen molar-refractivity contribution in [2.45, 2.75) is 13.0 Å². The summed E-state index contributed by atoms with van der Waals surface area (Å²) in [4.78, 5) is 18.5. The summed E-state index contributed by atoms with van der Waals surface area (Å²) >= 11 is 1.70. The third-order valence-electron chi connectivity index (χ3n) is 4.92. The molecule has 0 radical (unpaired) electrons. The molecule has 4 aromatic rings. The van der Waals surface area contributed by atoms with Crippen LogP contribution in [0.4, 0.5) is 5.69 Å². The number of likely N-dealkylation sites (N-methyl/N-ethyl adjacent to an activating group) is 1. The van der Waals surface area contributed by atoms with Gasteiger partial charge >= 0.3 is 0 Å². The van der Waals surface area contributed by atoms with Crippen LogP contribution in [-0.4, -0.2) is 24.5 Å². The number of rotatable bonds is 5. The lowest BCUT2D eigenvalue weighted by molar-refractivity contribution is -0.902. The van der Waals surface area contributed by atoms with Crippen molar-refractivity contribution in [3.8, 4) is 0 Å². The van der Waals surface area contributed by atoms with Crippen LogP contribution in [0.5, 0.6) is 0 Å². The minimum atomic E-state index is 0.0109. The molecule has 0 fully saturated rings. The standard InChI is InChI=1S/C22H21N3OS/c1-15(22-24-19-11-5-6-13-20(19)27-22)25(2)14-21(26)23-18-12-7-9-16-8-3-4-10-17(16)18/h3-13,15H,14H2,1-2H3,(H,23,26)/p+1/t15-/m1/s1. The highest BCUT2D eigenvalue weighted by Crippen LogP contribution is 2.25. The molecule has 136 valence electrons. The minimum Gasteiger partial charge on any atom is -0.322 e. The van der Waals surface area contributed by atoms with Crippen molar-refractivity contribution in [3.05, 3.63) is 71.7 Å². The van der Waals surface area contributed by atoms with Crippen molar-refractivity contribution in [1.82, 2.24) is 4.98 Å². The van der Waals surface area contributed by atoms with Crippen LogP contribution >= 0.6 is 11.3 Å². The first-order chi connectivity index (χ1) is 13.1. The molecule has 2 N–H and O–H groups in total. The van der Waals surface area contributed by atoms with Crippen molar-refractivity contribution in [3.63, 3.8) is 0 Å². The summed E-state index contributed by atoms with van der Waals surface area (Å²) in [6.45, 7) is 2.51. The summed E-state index contributed by atoms with van der Waals surface area (Å²) in [5, 5.41) is 6.32. The van der Waals surface area contributed by atoms with E-state index in [-0.39, 0.29) is 11.9 Å². The molecular weight excluding hydrogens is 354 g/mol. The van der Waals surface area contributed by atoms with Gasteiger partial charge in [-0.2, -0.15) is 0 Å². The molecule has 1 amide bonds. The third-order valence-corrected chi connectivity index (χ3v) is 6.14. The second-order valence-corrected chi connectivity index (χ2v) is 7.90. The Balaban J connectivity index is 1.47. The van der Waals surface area contributed by atoms with E-state index in [1.54, 1.807) is 11.3 Å². The molecule has 0 bridgehead atoms. The van der Waals surface area contributed by atoms with Crippen molar-refractivity contribution in [2.75, 3.05) is 18.9 Å². The molecule has 0 aliphatic carbocycles. The number of fused-ring (bicyclic) bond motifs is 2. The molecule has 0 saturated heterocycles. The van der Waals surface area contributed by atoms with Crippen LogP contribution in [0.15, 0.2) is 66.7 Å². The van der Waals surface area contributed by atoms with Gasteiger partial charge < -0.3 is 10.2 Å². The number of para-hydroxylation sites is 1. The van der Waals surface area contributed by atoms with Crippen LogP contribution in [0.1, 0.15) is 18.0 Å². The first kappa shape index (κ1) is 17.6. The quantitative estimate of drug-likeness (QED) is 0.558. The van der Waals surface area contributed by atoms with Crippen molar-refractivity contribution in [2.24, 2.45) is 0 Å². The number of benzene rings is 3. The number of amides is 1. The van der Waals surface area contributed by atoms with Gasteiger partial charge in [0.05, 0.1) is 17.3 Å². The summed E-state index contributed by atoms with van der Waals surface area (Å²) in [6.07, 6.45) is 0. The lowest BCUT2D eigenvalue weighted by Gasteiger charge is -2.19. The molecule has 3 aromatic carbocycles. The van der Waals surface area contributed by atoms with Crippen molar-refractivity contribution < 1.29 is 9.69 Å². The smallest absolute Gasteiger partial charge is 0.279 e. The number of hydrogen-bond acceptors (Lipinski definition) is 3. The average Bonchev–Trinajstić information content (AvgIpc) is 3.11. The molecule has 1 aromatic heterocycles. The lowest BCUT2D eigenvalue weighted by Crippen LogP contribution is -3.10. The predicted molar refractivity (Wildman–Crippen MR) is 112 cm³/mol. The van der Waals surface area contributed by atoms with E-state index in [1.807, 2.05) is 55.6 Å². The van der Waals surface area contributed by atoms with Gasteiger partial charge in [-0.1, -0.05) is 48.5 Å². The number of hydrogen-bond donors (Lipinski definition) is 2. The fourth-order valence-electron chi connectivity index (χ4n) is 3.22. The number of aromatic nitrogens is 1. The SMILES string of the molecule is C[C@H](c1nc2ccccc2s1)[NH+](C)CC(=O)Nc1cccc2ccccc12. The highest BCUT2D eigenvalue weighted by atomic mass is 32.1. The van der Waals surface area contributed by atoms with Gasteiger partial charge in [-0.15, -0.1) is 11.3 Å². The topological polar surface area (TPSA) is 46.4 Å². The Kier molecular flexibility index (Phi) is 4.88. The van der Waals surface area contributed by atoms with E-state index in [1.165, 1.54) is 4.70 Å². The molecule has 0 aliphatic heterocycles. The number of thiazole rings is 1. The number of carbonyl (C=O) groups excluding carboxylic acids is 1. The second kappa shape index (κ2) is 7.47. The first-order valence-electron chi connectivity index (χ1n) is 9.07. The maximum Gasteiger partial charge on any atom is 0.279 e. The summed E-state index contributed by atoms with van der Waals surface area (Å²) in [5.41, 5.74) is 1.89. The zero-order valence-corrected chi connectivity index (χ0v) is 16.2. The minimum absolute atomic E-state index is 0.0109. The van der Waals surface area contributed by atoms with E-state index < -0.39 is 0 Å². The summed E-state index contributed by atoms with van der Waals surface area (Å²) in [6, 6.07) is 22.4. The maximum atomic E-state index is 12.6. The van der Waals surface area contributed by atoms with Crippen LogP contribution in [0.25, 0.3) is 21.0 Å².